The molecule has 1 aliphatic rings. The Bertz CT molecular complexity index is 945. The molecule has 1 aliphatic heterocycles. The van der Waals surface area contributed by atoms with Crippen LogP contribution in [-0.4, -0.2) is 29.9 Å². The summed E-state index contributed by atoms with van der Waals surface area (Å²) in [6.45, 7) is 0.981. The predicted octanol–water partition coefficient (Wildman–Crippen LogP) is 4.30. The third-order valence-electron chi connectivity index (χ3n) is 4.64. The fourth-order valence-electron chi connectivity index (χ4n) is 3.26. The summed E-state index contributed by atoms with van der Waals surface area (Å²) >= 11 is 0. The molecule has 26 heavy (non-hydrogen) atoms. The molecule has 0 saturated carbocycles. The highest BCUT2D eigenvalue weighted by Gasteiger charge is 2.34. The Morgan fingerprint density at radius 2 is 1.38 bits per heavy atom. The average Bonchev–Trinajstić information content (AvgIpc) is 2.92. The molecule has 0 bridgehead atoms. The second-order valence-electron chi connectivity index (χ2n) is 6.37. The number of benzene rings is 3. The molecule has 0 spiro atoms. The molecule has 4 heteroatoms. The van der Waals surface area contributed by atoms with Crippen LogP contribution in [0.1, 0.15) is 33.6 Å². The van der Waals surface area contributed by atoms with Crippen molar-refractivity contribution in [2.75, 3.05) is 13.2 Å². The van der Waals surface area contributed by atoms with Crippen molar-refractivity contribution in [1.29, 1.82) is 0 Å². The number of rotatable bonds is 6. The summed E-state index contributed by atoms with van der Waals surface area (Å²) in [4.78, 5) is 25.9. The van der Waals surface area contributed by atoms with Crippen LogP contribution in [-0.2, 0) is 0 Å². The van der Waals surface area contributed by atoms with E-state index in [-0.39, 0.29) is 11.8 Å². The summed E-state index contributed by atoms with van der Waals surface area (Å²) in [7, 11) is 0. The number of nitrogens with zero attached hydrogens (tertiary/aromatic N) is 1. The van der Waals surface area contributed by atoms with Crippen molar-refractivity contribution in [3.8, 4) is 5.75 Å². The SMILES string of the molecule is O=C1c2ccccc2C(=O)N1CCCCOc1ccc2ccccc2c1. The minimum Gasteiger partial charge on any atom is -0.494 e. The summed E-state index contributed by atoms with van der Waals surface area (Å²) < 4.78 is 5.81. The Labute approximate surface area is 152 Å². The minimum absolute atomic E-state index is 0.193. The maximum absolute atomic E-state index is 12.3. The van der Waals surface area contributed by atoms with Crippen LogP contribution in [0, 0.1) is 0 Å². The highest BCUT2D eigenvalue weighted by molar-refractivity contribution is 6.21. The third-order valence-corrected chi connectivity index (χ3v) is 4.64. The van der Waals surface area contributed by atoms with Crippen molar-refractivity contribution >= 4 is 22.6 Å². The number of unbranched alkanes of at least 4 members (excludes halogenated alkanes) is 1. The molecule has 2 amide bonds. The van der Waals surface area contributed by atoms with Crippen molar-refractivity contribution in [2.45, 2.75) is 12.8 Å². The molecule has 0 aliphatic carbocycles. The molecular formula is C22H19NO3. The predicted molar refractivity (Wildman–Crippen MR) is 100 cm³/mol. The van der Waals surface area contributed by atoms with Crippen LogP contribution in [0.2, 0.25) is 0 Å². The monoisotopic (exact) mass is 345 g/mol. The van der Waals surface area contributed by atoms with Gasteiger partial charge in [-0.15, -0.1) is 0 Å². The number of hydrogen-bond acceptors (Lipinski definition) is 3. The zero-order chi connectivity index (χ0) is 17.9. The van der Waals surface area contributed by atoms with Crippen molar-refractivity contribution in [3.63, 3.8) is 0 Å². The molecule has 3 aromatic carbocycles. The molecule has 1 heterocycles. The number of carbonyl (C=O) groups excluding carboxylic acids is 2. The highest BCUT2D eigenvalue weighted by Crippen LogP contribution is 2.23. The van der Waals surface area contributed by atoms with Gasteiger partial charge in [0.1, 0.15) is 5.75 Å². The molecule has 4 rings (SSSR count). The molecule has 0 unspecified atom stereocenters. The molecule has 0 saturated heterocycles. The van der Waals surface area contributed by atoms with Gasteiger partial charge >= 0.3 is 0 Å². The first-order valence-corrected chi connectivity index (χ1v) is 8.81. The van der Waals surface area contributed by atoms with Crippen LogP contribution >= 0.6 is 0 Å². The van der Waals surface area contributed by atoms with Gasteiger partial charge in [0.25, 0.3) is 11.8 Å². The van der Waals surface area contributed by atoms with E-state index in [4.69, 9.17) is 4.74 Å². The van der Waals surface area contributed by atoms with E-state index in [0.29, 0.717) is 24.3 Å². The van der Waals surface area contributed by atoms with E-state index in [0.717, 1.165) is 24.0 Å². The fraction of sp³-hybridized carbons (Fsp3) is 0.182. The molecule has 0 radical (unpaired) electrons. The lowest BCUT2D eigenvalue weighted by Crippen LogP contribution is -2.30. The second-order valence-corrected chi connectivity index (χ2v) is 6.37. The van der Waals surface area contributed by atoms with Crippen LogP contribution < -0.4 is 4.74 Å². The first-order valence-electron chi connectivity index (χ1n) is 8.81. The number of hydrogen-bond donors (Lipinski definition) is 0. The van der Waals surface area contributed by atoms with E-state index in [1.54, 1.807) is 24.3 Å². The fourth-order valence-corrected chi connectivity index (χ4v) is 3.26. The van der Waals surface area contributed by atoms with Gasteiger partial charge in [-0.3, -0.25) is 14.5 Å². The smallest absolute Gasteiger partial charge is 0.261 e. The molecule has 4 nitrogen and oxygen atoms in total. The van der Waals surface area contributed by atoms with Crippen LogP contribution in [0.15, 0.2) is 66.7 Å². The van der Waals surface area contributed by atoms with Gasteiger partial charge in [-0.25, -0.2) is 0 Å². The lowest BCUT2D eigenvalue weighted by Gasteiger charge is -2.13. The zero-order valence-corrected chi connectivity index (χ0v) is 14.4. The zero-order valence-electron chi connectivity index (χ0n) is 14.4. The number of amides is 2. The molecule has 0 N–H and O–H groups in total. The average molecular weight is 345 g/mol. The minimum atomic E-state index is -0.193. The molecule has 0 aromatic heterocycles. The maximum Gasteiger partial charge on any atom is 0.261 e. The van der Waals surface area contributed by atoms with E-state index in [1.165, 1.54) is 10.3 Å². The van der Waals surface area contributed by atoms with Crippen LogP contribution in [0.5, 0.6) is 5.75 Å². The van der Waals surface area contributed by atoms with Crippen molar-refractivity contribution < 1.29 is 14.3 Å². The number of imide groups is 1. The Hall–Kier alpha value is -3.14. The quantitative estimate of drug-likeness (QED) is 0.494. The highest BCUT2D eigenvalue weighted by atomic mass is 16.5. The molecule has 0 fully saturated rings. The topological polar surface area (TPSA) is 46.6 Å². The number of ether oxygens (including phenoxy) is 1. The molecule has 130 valence electrons. The first kappa shape index (κ1) is 16.3. The molecule has 0 atom stereocenters. The van der Waals surface area contributed by atoms with E-state index in [2.05, 4.69) is 12.1 Å². The van der Waals surface area contributed by atoms with E-state index in [9.17, 15) is 9.59 Å². The van der Waals surface area contributed by atoms with E-state index in [1.807, 2.05) is 30.3 Å². The van der Waals surface area contributed by atoms with Gasteiger partial charge in [-0.1, -0.05) is 42.5 Å². The summed E-state index contributed by atoms with van der Waals surface area (Å²) in [5.41, 5.74) is 1.01. The summed E-state index contributed by atoms with van der Waals surface area (Å²) in [5.74, 6) is 0.450. The van der Waals surface area contributed by atoms with Gasteiger partial charge in [0, 0.05) is 6.54 Å². The van der Waals surface area contributed by atoms with Gasteiger partial charge < -0.3 is 4.74 Å². The maximum atomic E-state index is 12.3. The van der Waals surface area contributed by atoms with E-state index >= 15 is 0 Å². The Morgan fingerprint density at radius 1 is 0.731 bits per heavy atom. The van der Waals surface area contributed by atoms with Gasteiger partial charge in [0.05, 0.1) is 17.7 Å². The summed E-state index contributed by atoms with van der Waals surface area (Å²) in [6.07, 6.45) is 1.50. The lowest BCUT2D eigenvalue weighted by atomic mass is 10.1. The third kappa shape index (κ3) is 3.06. The van der Waals surface area contributed by atoms with Crippen molar-refractivity contribution in [1.82, 2.24) is 4.90 Å². The number of fused-ring (bicyclic) bond motifs is 2. The molecule has 3 aromatic rings. The standard InChI is InChI=1S/C22H19NO3/c24-21-19-9-3-4-10-20(19)22(25)23(21)13-5-6-14-26-18-12-11-16-7-1-2-8-17(16)15-18/h1-4,7-12,15H,5-6,13-14H2. The van der Waals surface area contributed by atoms with Crippen molar-refractivity contribution in [2.24, 2.45) is 0 Å². The van der Waals surface area contributed by atoms with Gasteiger partial charge in [-0.2, -0.15) is 0 Å². The first-order chi connectivity index (χ1) is 12.7. The lowest BCUT2D eigenvalue weighted by molar-refractivity contribution is 0.0649. The van der Waals surface area contributed by atoms with Crippen LogP contribution in [0.25, 0.3) is 10.8 Å². The Kier molecular flexibility index (Phi) is 4.40. The largest absolute Gasteiger partial charge is 0.494 e. The van der Waals surface area contributed by atoms with Gasteiger partial charge in [-0.05, 0) is 47.9 Å². The Balaban J connectivity index is 1.28. The Morgan fingerprint density at radius 3 is 2.12 bits per heavy atom. The van der Waals surface area contributed by atoms with Crippen molar-refractivity contribution in [3.05, 3.63) is 77.9 Å². The molecular weight excluding hydrogens is 326 g/mol. The van der Waals surface area contributed by atoms with Gasteiger partial charge in [0.15, 0.2) is 0 Å². The normalized spacial score (nSPS) is 13.3. The summed E-state index contributed by atoms with van der Waals surface area (Å²) in [6, 6.07) is 21.2. The van der Waals surface area contributed by atoms with Crippen LogP contribution in [0.3, 0.4) is 0 Å². The van der Waals surface area contributed by atoms with Crippen LogP contribution in [0.4, 0.5) is 0 Å². The van der Waals surface area contributed by atoms with E-state index < -0.39 is 0 Å². The second kappa shape index (κ2) is 7.00. The van der Waals surface area contributed by atoms with Gasteiger partial charge in [0.2, 0.25) is 0 Å². The summed E-state index contributed by atoms with van der Waals surface area (Å²) in [5, 5.41) is 2.33. The number of carbonyl (C=O) groups is 2.